The van der Waals surface area contributed by atoms with Gasteiger partial charge in [0.05, 0.1) is 17.9 Å². The highest BCUT2D eigenvalue weighted by Gasteiger charge is 2.32. The van der Waals surface area contributed by atoms with E-state index in [1.54, 1.807) is 17.0 Å². The number of carbonyl (C=O) groups is 1. The Morgan fingerprint density at radius 2 is 2.19 bits per heavy atom. The van der Waals surface area contributed by atoms with Gasteiger partial charge in [-0.2, -0.15) is 0 Å². The zero-order valence-corrected chi connectivity index (χ0v) is 13.5. The Morgan fingerprint density at radius 3 is 2.86 bits per heavy atom. The lowest BCUT2D eigenvalue weighted by Gasteiger charge is -2.34. The summed E-state index contributed by atoms with van der Waals surface area (Å²) in [5, 5.41) is 8.92. The van der Waals surface area contributed by atoms with Gasteiger partial charge in [-0.05, 0) is 18.2 Å². The summed E-state index contributed by atoms with van der Waals surface area (Å²) < 4.78 is 37.8. The average Bonchev–Trinajstić information content (AvgIpc) is 2.35. The van der Waals surface area contributed by atoms with Gasteiger partial charge in [0.25, 0.3) is 0 Å². The van der Waals surface area contributed by atoms with Crippen molar-refractivity contribution in [3.05, 3.63) is 34.1 Å². The van der Waals surface area contributed by atoms with Crippen molar-refractivity contribution in [2.45, 2.75) is 19.0 Å². The highest BCUT2D eigenvalue weighted by Crippen LogP contribution is 2.22. The first-order valence-electron chi connectivity index (χ1n) is 6.37. The van der Waals surface area contributed by atoms with Crippen molar-refractivity contribution < 1.29 is 22.7 Å². The summed E-state index contributed by atoms with van der Waals surface area (Å²) in [4.78, 5) is 12.6. The first-order chi connectivity index (χ1) is 9.77. The highest BCUT2D eigenvalue weighted by molar-refractivity contribution is 9.10. The second-order valence-electron chi connectivity index (χ2n) is 5.07. The Bertz CT molecular complexity index is 650. The van der Waals surface area contributed by atoms with Crippen LogP contribution < -0.4 is 0 Å². The lowest BCUT2D eigenvalue weighted by Crippen LogP contribution is -2.48. The fraction of sp³-hybridized carbons (Fsp3) is 0.462. The van der Waals surface area contributed by atoms with Crippen molar-refractivity contribution in [2.24, 2.45) is 0 Å². The molecule has 1 fully saturated rings. The summed E-state index contributed by atoms with van der Waals surface area (Å²) in [5.74, 6) is -1.68. The second kappa shape index (κ2) is 6.41. The SMILES string of the molecule is O=C(O)CC1CS(=O)(=O)CCN1Cc1cc(Br)ccc1F. The van der Waals surface area contributed by atoms with Crippen molar-refractivity contribution in [3.8, 4) is 0 Å². The van der Waals surface area contributed by atoms with Crippen LogP contribution >= 0.6 is 15.9 Å². The van der Waals surface area contributed by atoms with Crippen LogP contribution in [0.25, 0.3) is 0 Å². The van der Waals surface area contributed by atoms with Crippen LogP contribution in [-0.4, -0.2) is 48.5 Å². The van der Waals surface area contributed by atoms with E-state index in [1.807, 2.05) is 0 Å². The van der Waals surface area contributed by atoms with E-state index in [2.05, 4.69) is 15.9 Å². The standard InChI is InChI=1S/C13H15BrFNO4S/c14-10-1-2-12(15)9(5-10)7-16-3-4-21(19,20)8-11(16)6-13(17)18/h1-2,5,11H,3-4,6-8H2,(H,17,18). The molecule has 1 unspecified atom stereocenters. The fourth-order valence-corrected chi connectivity index (χ4v) is 4.40. The van der Waals surface area contributed by atoms with Crippen LogP contribution in [0, 0.1) is 5.82 Å². The number of sulfone groups is 1. The highest BCUT2D eigenvalue weighted by atomic mass is 79.9. The molecular weight excluding hydrogens is 365 g/mol. The molecule has 5 nitrogen and oxygen atoms in total. The molecule has 0 bridgehead atoms. The van der Waals surface area contributed by atoms with Gasteiger partial charge in [-0.1, -0.05) is 15.9 Å². The normalized spacial score (nSPS) is 22.1. The third kappa shape index (κ3) is 4.49. The molecule has 1 N–H and O–H groups in total. The topological polar surface area (TPSA) is 74.7 Å². The summed E-state index contributed by atoms with van der Waals surface area (Å²) >= 11 is 3.26. The van der Waals surface area contributed by atoms with Crippen molar-refractivity contribution in [1.82, 2.24) is 4.90 Å². The van der Waals surface area contributed by atoms with E-state index >= 15 is 0 Å². The minimum atomic E-state index is -3.23. The van der Waals surface area contributed by atoms with E-state index in [4.69, 9.17) is 5.11 Å². The summed E-state index contributed by atoms with van der Waals surface area (Å²) in [6, 6.07) is 3.90. The molecule has 1 aromatic rings. The Balaban J connectivity index is 2.20. The molecule has 0 aliphatic carbocycles. The van der Waals surface area contributed by atoms with E-state index in [0.717, 1.165) is 4.47 Å². The van der Waals surface area contributed by atoms with Crippen LogP contribution in [0.5, 0.6) is 0 Å². The average molecular weight is 380 g/mol. The zero-order valence-electron chi connectivity index (χ0n) is 11.1. The molecule has 1 saturated heterocycles. The molecule has 116 valence electrons. The van der Waals surface area contributed by atoms with Gasteiger partial charge < -0.3 is 5.11 Å². The van der Waals surface area contributed by atoms with Gasteiger partial charge in [-0.25, -0.2) is 12.8 Å². The first kappa shape index (κ1) is 16.4. The van der Waals surface area contributed by atoms with Crippen LogP contribution in [0.2, 0.25) is 0 Å². The number of nitrogens with zero attached hydrogens (tertiary/aromatic N) is 1. The molecular formula is C13H15BrFNO4S. The lowest BCUT2D eigenvalue weighted by atomic mass is 10.1. The smallest absolute Gasteiger partial charge is 0.304 e. The van der Waals surface area contributed by atoms with Gasteiger partial charge >= 0.3 is 5.97 Å². The monoisotopic (exact) mass is 379 g/mol. The lowest BCUT2D eigenvalue weighted by molar-refractivity contribution is -0.138. The van der Waals surface area contributed by atoms with Crippen molar-refractivity contribution in [1.29, 1.82) is 0 Å². The van der Waals surface area contributed by atoms with Gasteiger partial charge in [-0.3, -0.25) is 9.69 Å². The maximum absolute atomic E-state index is 13.8. The predicted molar refractivity (Wildman–Crippen MR) is 79.2 cm³/mol. The molecule has 1 heterocycles. The van der Waals surface area contributed by atoms with E-state index in [9.17, 15) is 17.6 Å². The molecule has 1 aliphatic rings. The van der Waals surface area contributed by atoms with Crippen LogP contribution in [0.1, 0.15) is 12.0 Å². The number of hydrogen-bond donors (Lipinski definition) is 1. The van der Waals surface area contributed by atoms with Gasteiger partial charge in [0.2, 0.25) is 0 Å². The van der Waals surface area contributed by atoms with E-state index in [-0.39, 0.29) is 36.8 Å². The van der Waals surface area contributed by atoms with Crippen LogP contribution in [0.15, 0.2) is 22.7 Å². The van der Waals surface area contributed by atoms with Gasteiger partial charge in [0.1, 0.15) is 5.82 Å². The number of carboxylic acids is 1. The van der Waals surface area contributed by atoms with Crippen molar-refractivity contribution >= 4 is 31.7 Å². The molecule has 0 saturated carbocycles. The fourth-order valence-electron chi connectivity index (χ4n) is 2.40. The minimum absolute atomic E-state index is 0.0290. The van der Waals surface area contributed by atoms with E-state index < -0.39 is 21.8 Å². The van der Waals surface area contributed by atoms with Crippen LogP contribution in [0.4, 0.5) is 4.39 Å². The molecule has 8 heteroatoms. The zero-order chi connectivity index (χ0) is 15.6. The van der Waals surface area contributed by atoms with E-state index in [0.29, 0.717) is 5.56 Å². The Hall–Kier alpha value is -0.990. The Morgan fingerprint density at radius 1 is 1.48 bits per heavy atom. The Kier molecular flexibility index (Phi) is 5.00. The van der Waals surface area contributed by atoms with Gasteiger partial charge in [0.15, 0.2) is 9.84 Å². The van der Waals surface area contributed by atoms with Crippen LogP contribution in [-0.2, 0) is 21.2 Å². The first-order valence-corrected chi connectivity index (χ1v) is 8.98. The molecule has 1 aromatic carbocycles. The largest absolute Gasteiger partial charge is 0.481 e. The summed E-state index contributed by atoms with van der Waals surface area (Å²) in [5.41, 5.74) is 0.416. The number of hydrogen-bond acceptors (Lipinski definition) is 4. The maximum Gasteiger partial charge on any atom is 0.304 e. The maximum atomic E-state index is 13.8. The minimum Gasteiger partial charge on any atom is -0.481 e. The summed E-state index contributed by atoms with van der Waals surface area (Å²) in [6.45, 7) is 0.408. The number of benzene rings is 1. The summed E-state index contributed by atoms with van der Waals surface area (Å²) in [6.07, 6.45) is -0.269. The molecule has 1 atom stereocenters. The number of aliphatic carboxylic acids is 1. The molecule has 2 rings (SSSR count). The molecule has 0 radical (unpaired) electrons. The van der Waals surface area contributed by atoms with Crippen LogP contribution in [0.3, 0.4) is 0 Å². The van der Waals surface area contributed by atoms with E-state index in [1.165, 1.54) is 6.07 Å². The predicted octanol–water partition coefficient (Wildman–Crippen LogP) is 1.66. The Labute approximate surface area is 130 Å². The number of carboxylic acid groups (broad SMARTS) is 1. The van der Waals surface area contributed by atoms with Crippen molar-refractivity contribution in [3.63, 3.8) is 0 Å². The molecule has 1 aliphatic heterocycles. The molecule has 0 spiro atoms. The van der Waals surface area contributed by atoms with Gasteiger partial charge in [-0.15, -0.1) is 0 Å². The third-order valence-corrected chi connectivity index (χ3v) is 5.63. The molecule has 0 amide bonds. The summed E-state index contributed by atoms with van der Waals surface area (Å²) in [7, 11) is -3.23. The van der Waals surface area contributed by atoms with Crippen molar-refractivity contribution in [2.75, 3.05) is 18.1 Å². The molecule has 21 heavy (non-hydrogen) atoms. The molecule has 0 aromatic heterocycles. The second-order valence-corrected chi connectivity index (χ2v) is 8.22. The third-order valence-electron chi connectivity index (χ3n) is 3.44. The van der Waals surface area contributed by atoms with Gasteiger partial charge in [0, 0.05) is 29.2 Å². The number of halogens is 2. The number of rotatable bonds is 4. The quantitative estimate of drug-likeness (QED) is 0.860.